The zero-order chi connectivity index (χ0) is 21.3. The molecule has 0 radical (unpaired) electrons. The Labute approximate surface area is 158 Å². The minimum absolute atomic E-state index is 0.197. The summed E-state index contributed by atoms with van der Waals surface area (Å²) in [6.07, 6.45) is -7.58. The highest BCUT2D eigenvalue weighted by Crippen LogP contribution is 2.37. The van der Waals surface area contributed by atoms with E-state index >= 15 is 0 Å². The first-order valence-corrected chi connectivity index (χ1v) is 8.16. The van der Waals surface area contributed by atoms with Gasteiger partial charge in [0.1, 0.15) is 11.7 Å². The summed E-state index contributed by atoms with van der Waals surface area (Å²) in [5, 5.41) is 22.2. The number of nitrogens with one attached hydrogen (secondary N) is 1. The summed E-state index contributed by atoms with van der Waals surface area (Å²) in [6, 6.07) is 5.61. The monoisotopic (exact) mass is 401 g/mol. The number of amides is 1. The molecule has 3 N–H and O–H groups in total. The molecule has 1 atom stereocenters. The molecule has 0 aliphatic heterocycles. The average molecular weight is 401 g/mol. The largest absolute Gasteiger partial charge is 0.505 e. The molecule has 5 nitrogen and oxygen atoms in total. The predicted molar refractivity (Wildman–Crippen MR) is 93.4 cm³/mol. The van der Waals surface area contributed by atoms with Gasteiger partial charge in [0.05, 0.1) is 11.3 Å². The Hall–Kier alpha value is -2.81. The number of carbonyl (C=O) groups excluding carboxylic acids is 1. The fraction of sp³-hybridized carbons (Fsp3) is 0.316. The maximum Gasteiger partial charge on any atom is 0.416 e. The highest BCUT2D eigenvalue weighted by Gasteiger charge is 2.33. The van der Waals surface area contributed by atoms with E-state index in [1.165, 1.54) is 6.07 Å². The Morgan fingerprint density at radius 1 is 1.11 bits per heavy atom. The summed E-state index contributed by atoms with van der Waals surface area (Å²) in [4.78, 5) is 12.0. The number of phenols is 1. The number of carbonyl (C=O) groups is 1. The van der Waals surface area contributed by atoms with Gasteiger partial charge in [-0.15, -0.1) is 0 Å². The molecule has 0 heterocycles. The van der Waals surface area contributed by atoms with E-state index in [2.05, 4.69) is 5.32 Å². The molecule has 0 saturated heterocycles. The zero-order valence-electron chi connectivity index (χ0n) is 15.3. The predicted octanol–water partition coefficient (Wildman–Crippen LogP) is 4.98. The van der Waals surface area contributed by atoms with Gasteiger partial charge in [0.2, 0.25) is 0 Å². The van der Waals surface area contributed by atoms with E-state index in [1.54, 1.807) is 20.8 Å². The molecular weight excluding hydrogens is 382 g/mol. The summed E-state index contributed by atoms with van der Waals surface area (Å²) in [7, 11) is 0. The van der Waals surface area contributed by atoms with Crippen LogP contribution in [0.5, 0.6) is 5.75 Å². The Bertz CT molecular complexity index is 875. The number of hydrogen-bond donors (Lipinski definition) is 3. The van der Waals surface area contributed by atoms with Crippen LogP contribution in [0.3, 0.4) is 0 Å². The number of rotatable bonds is 3. The summed E-state index contributed by atoms with van der Waals surface area (Å²) in [6.45, 7) is 4.78. The van der Waals surface area contributed by atoms with Crippen LogP contribution in [0, 0.1) is 5.82 Å². The Morgan fingerprint density at radius 2 is 1.75 bits per heavy atom. The number of ether oxygens (including phenoxy) is 1. The SMILES string of the molecule is CC(C)(C)OC(=O)Nc1ccc(C(F)(F)F)cc1C(O)c1cccc(O)c1F. The highest BCUT2D eigenvalue weighted by molar-refractivity contribution is 5.86. The van der Waals surface area contributed by atoms with Crippen molar-refractivity contribution in [1.29, 1.82) is 0 Å². The van der Waals surface area contributed by atoms with Crippen molar-refractivity contribution in [1.82, 2.24) is 0 Å². The number of halogens is 4. The van der Waals surface area contributed by atoms with Crippen molar-refractivity contribution in [2.75, 3.05) is 5.32 Å². The first-order chi connectivity index (χ1) is 12.8. The van der Waals surface area contributed by atoms with Crippen LogP contribution in [0.25, 0.3) is 0 Å². The zero-order valence-corrected chi connectivity index (χ0v) is 15.3. The van der Waals surface area contributed by atoms with Crippen LogP contribution in [0.15, 0.2) is 36.4 Å². The number of aliphatic hydroxyl groups excluding tert-OH is 1. The van der Waals surface area contributed by atoms with Crippen molar-refractivity contribution in [3.05, 3.63) is 58.9 Å². The normalized spacial score (nSPS) is 13.1. The number of phenolic OH excluding ortho intramolecular Hbond substituents is 1. The van der Waals surface area contributed by atoms with Crippen LogP contribution in [0.2, 0.25) is 0 Å². The van der Waals surface area contributed by atoms with Gasteiger partial charge < -0.3 is 14.9 Å². The van der Waals surface area contributed by atoms with Crippen LogP contribution < -0.4 is 5.32 Å². The highest BCUT2D eigenvalue weighted by atomic mass is 19.4. The van der Waals surface area contributed by atoms with Gasteiger partial charge in [-0.2, -0.15) is 13.2 Å². The first-order valence-electron chi connectivity index (χ1n) is 8.16. The third-order valence-corrected chi connectivity index (χ3v) is 3.61. The molecule has 0 aliphatic rings. The van der Waals surface area contributed by atoms with Gasteiger partial charge in [-0.05, 0) is 45.0 Å². The topological polar surface area (TPSA) is 78.8 Å². The summed E-state index contributed by atoms with van der Waals surface area (Å²) in [5.74, 6) is -1.96. The van der Waals surface area contributed by atoms with Gasteiger partial charge in [0.15, 0.2) is 11.6 Å². The van der Waals surface area contributed by atoms with Gasteiger partial charge in [-0.25, -0.2) is 9.18 Å². The van der Waals surface area contributed by atoms with Crippen LogP contribution in [-0.4, -0.2) is 21.9 Å². The second kappa shape index (κ2) is 7.67. The fourth-order valence-corrected chi connectivity index (χ4v) is 2.41. The van der Waals surface area contributed by atoms with Crippen LogP contribution in [0.1, 0.15) is 43.6 Å². The average Bonchev–Trinajstić information content (AvgIpc) is 2.54. The van der Waals surface area contributed by atoms with Crippen molar-refractivity contribution >= 4 is 11.8 Å². The standard InChI is InChI=1S/C19H19F4NO4/c1-18(2,3)28-17(27)24-13-8-7-10(19(21,22)23)9-12(13)16(26)11-5-4-6-14(25)15(11)20/h4-9,16,25-26H,1-3H3,(H,24,27). The number of aliphatic hydroxyl groups is 1. The molecule has 2 rings (SSSR count). The van der Waals surface area contributed by atoms with E-state index in [-0.39, 0.29) is 5.69 Å². The molecule has 0 bridgehead atoms. The van der Waals surface area contributed by atoms with E-state index in [0.717, 1.165) is 18.2 Å². The molecule has 0 spiro atoms. The third-order valence-electron chi connectivity index (χ3n) is 3.61. The molecule has 0 saturated carbocycles. The molecule has 0 aromatic heterocycles. The lowest BCUT2D eigenvalue weighted by Gasteiger charge is -2.22. The first kappa shape index (κ1) is 21.5. The van der Waals surface area contributed by atoms with Gasteiger partial charge in [0.25, 0.3) is 0 Å². The van der Waals surface area contributed by atoms with E-state index in [1.807, 2.05) is 0 Å². The lowest BCUT2D eigenvalue weighted by molar-refractivity contribution is -0.137. The van der Waals surface area contributed by atoms with Gasteiger partial charge >= 0.3 is 12.3 Å². The van der Waals surface area contributed by atoms with E-state index in [4.69, 9.17) is 4.74 Å². The van der Waals surface area contributed by atoms with Gasteiger partial charge in [-0.3, -0.25) is 5.32 Å². The molecule has 0 aliphatic carbocycles. The number of benzene rings is 2. The van der Waals surface area contributed by atoms with E-state index in [9.17, 15) is 32.6 Å². The van der Waals surface area contributed by atoms with Gasteiger partial charge in [0, 0.05) is 11.1 Å². The molecule has 1 amide bonds. The minimum atomic E-state index is -4.73. The summed E-state index contributed by atoms with van der Waals surface area (Å²) in [5.41, 5.74) is -3.03. The molecule has 2 aromatic carbocycles. The number of aromatic hydroxyl groups is 1. The Kier molecular flexibility index (Phi) is 5.88. The maximum atomic E-state index is 14.1. The quantitative estimate of drug-likeness (QED) is 0.634. The second-order valence-corrected chi connectivity index (χ2v) is 7.01. The van der Waals surface area contributed by atoms with Crippen molar-refractivity contribution in [3.8, 4) is 5.75 Å². The molecular formula is C19H19F4NO4. The fourth-order valence-electron chi connectivity index (χ4n) is 2.41. The Balaban J connectivity index is 2.51. The maximum absolute atomic E-state index is 14.1. The molecule has 9 heteroatoms. The van der Waals surface area contributed by atoms with E-state index < -0.39 is 52.2 Å². The van der Waals surface area contributed by atoms with Crippen LogP contribution in [-0.2, 0) is 10.9 Å². The van der Waals surface area contributed by atoms with Crippen LogP contribution in [0.4, 0.5) is 28.0 Å². The second-order valence-electron chi connectivity index (χ2n) is 7.01. The minimum Gasteiger partial charge on any atom is -0.505 e. The molecule has 28 heavy (non-hydrogen) atoms. The number of hydrogen-bond acceptors (Lipinski definition) is 4. The van der Waals surface area contributed by atoms with Gasteiger partial charge in [-0.1, -0.05) is 12.1 Å². The van der Waals surface area contributed by atoms with Crippen LogP contribution >= 0.6 is 0 Å². The lowest BCUT2D eigenvalue weighted by atomic mass is 9.97. The molecule has 152 valence electrons. The number of alkyl halides is 3. The van der Waals surface area contributed by atoms with Crippen molar-refractivity contribution in [2.45, 2.75) is 38.7 Å². The third kappa shape index (κ3) is 5.13. The number of anilines is 1. The molecule has 0 fully saturated rings. The summed E-state index contributed by atoms with van der Waals surface area (Å²) >= 11 is 0. The lowest BCUT2D eigenvalue weighted by Crippen LogP contribution is -2.27. The van der Waals surface area contributed by atoms with E-state index in [0.29, 0.717) is 12.1 Å². The molecule has 1 unspecified atom stereocenters. The van der Waals surface area contributed by atoms with Crippen molar-refractivity contribution < 1.29 is 37.3 Å². The smallest absolute Gasteiger partial charge is 0.416 e. The summed E-state index contributed by atoms with van der Waals surface area (Å²) < 4.78 is 58.5. The van der Waals surface area contributed by atoms with Crippen molar-refractivity contribution in [2.24, 2.45) is 0 Å². The Morgan fingerprint density at radius 3 is 2.32 bits per heavy atom. The molecule has 2 aromatic rings. The van der Waals surface area contributed by atoms with Crippen molar-refractivity contribution in [3.63, 3.8) is 0 Å².